The molecule has 0 atom stereocenters. The van der Waals surface area contributed by atoms with E-state index >= 15 is 0 Å². The normalized spacial score (nSPS) is 20.7. The van der Waals surface area contributed by atoms with Gasteiger partial charge in [0.25, 0.3) is 0 Å². The smallest absolute Gasteiger partial charge is 0.150 e. The minimum absolute atomic E-state index is 0.0175. The lowest BCUT2D eigenvalue weighted by molar-refractivity contribution is 0.112. The fourth-order valence-electron chi connectivity index (χ4n) is 2.85. The average Bonchev–Trinajstić information content (AvgIpc) is 2.23. The van der Waals surface area contributed by atoms with E-state index in [9.17, 15) is 9.90 Å². The number of phenols is 1. The third-order valence-corrected chi connectivity index (χ3v) is 4.06. The minimum atomic E-state index is -0.0175. The number of aromatic hydroxyl groups is 1. The summed E-state index contributed by atoms with van der Waals surface area (Å²) in [6.07, 6.45) is 2.94. The monoisotopic (exact) mass is 232 g/mol. The lowest BCUT2D eigenvalue weighted by Gasteiger charge is -2.42. The van der Waals surface area contributed by atoms with Gasteiger partial charge in [0.2, 0.25) is 0 Å². The summed E-state index contributed by atoms with van der Waals surface area (Å²) in [6.45, 7) is 8.66. The molecule has 2 rings (SSSR count). The first kappa shape index (κ1) is 12.2. The van der Waals surface area contributed by atoms with Crippen LogP contribution in [0.1, 0.15) is 62.0 Å². The Morgan fingerprint density at radius 2 is 1.71 bits per heavy atom. The SMILES string of the molecule is CC1(C)CCC(C)(C)c2c(O)cc(C=O)cc21. The summed E-state index contributed by atoms with van der Waals surface area (Å²) in [7, 11) is 0. The summed E-state index contributed by atoms with van der Waals surface area (Å²) in [5.41, 5.74) is 2.71. The van der Waals surface area contributed by atoms with Crippen molar-refractivity contribution in [2.45, 2.75) is 51.4 Å². The van der Waals surface area contributed by atoms with Crippen LogP contribution in [0.3, 0.4) is 0 Å². The van der Waals surface area contributed by atoms with Crippen molar-refractivity contribution in [2.24, 2.45) is 0 Å². The second kappa shape index (κ2) is 3.59. The van der Waals surface area contributed by atoms with Crippen LogP contribution >= 0.6 is 0 Å². The predicted molar refractivity (Wildman–Crippen MR) is 68.8 cm³/mol. The Balaban J connectivity index is 2.75. The first-order chi connectivity index (χ1) is 7.78. The van der Waals surface area contributed by atoms with Gasteiger partial charge in [-0.2, -0.15) is 0 Å². The number of aldehydes is 1. The average molecular weight is 232 g/mol. The maximum atomic E-state index is 10.9. The molecule has 92 valence electrons. The zero-order chi connectivity index (χ0) is 12.8. The van der Waals surface area contributed by atoms with Crippen LogP contribution in [0.2, 0.25) is 0 Å². The molecule has 0 bridgehead atoms. The van der Waals surface area contributed by atoms with Crippen molar-refractivity contribution < 1.29 is 9.90 Å². The Morgan fingerprint density at radius 3 is 2.29 bits per heavy atom. The molecule has 2 heteroatoms. The zero-order valence-electron chi connectivity index (χ0n) is 11.0. The van der Waals surface area contributed by atoms with E-state index in [0.717, 1.165) is 30.3 Å². The van der Waals surface area contributed by atoms with Crippen LogP contribution < -0.4 is 0 Å². The third kappa shape index (κ3) is 1.86. The Hall–Kier alpha value is -1.31. The van der Waals surface area contributed by atoms with Gasteiger partial charge in [-0.3, -0.25) is 4.79 Å². The summed E-state index contributed by atoms with van der Waals surface area (Å²) in [4.78, 5) is 10.9. The first-order valence-electron chi connectivity index (χ1n) is 6.11. The van der Waals surface area contributed by atoms with Crippen molar-refractivity contribution in [3.8, 4) is 5.75 Å². The second-order valence-electron chi connectivity index (χ2n) is 6.35. The van der Waals surface area contributed by atoms with Crippen molar-refractivity contribution in [1.29, 1.82) is 0 Å². The largest absolute Gasteiger partial charge is 0.508 e. The molecule has 1 aromatic carbocycles. The summed E-state index contributed by atoms with van der Waals surface area (Å²) in [5, 5.41) is 10.2. The van der Waals surface area contributed by atoms with Crippen LogP contribution in [0.25, 0.3) is 0 Å². The molecule has 0 unspecified atom stereocenters. The molecule has 0 spiro atoms. The minimum Gasteiger partial charge on any atom is -0.508 e. The van der Waals surface area contributed by atoms with Crippen molar-refractivity contribution in [3.63, 3.8) is 0 Å². The summed E-state index contributed by atoms with van der Waals surface area (Å²) >= 11 is 0. The van der Waals surface area contributed by atoms with Gasteiger partial charge in [-0.1, -0.05) is 27.7 Å². The van der Waals surface area contributed by atoms with Gasteiger partial charge in [-0.15, -0.1) is 0 Å². The van der Waals surface area contributed by atoms with Crippen LogP contribution in [0.4, 0.5) is 0 Å². The van der Waals surface area contributed by atoms with Crippen molar-refractivity contribution in [3.05, 3.63) is 28.8 Å². The van der Waals surface area contributed by atoms with Gasteiger partial charge in [0, 0.05) is 11.1 Å². The molecule has 0 fully saturated rings. The highest BCUT2D eigenvalue weighted by atomic mass is 16.3. The molecule has 1 aliphatic rings. The molecule has 0 radical (unpaired) electrons. The van der Waals surface area contributed by atoms with E-state index in [1.54, 1.807) is 6.07 Å². The molecule has 0 amide bonds. The number of carbonyl (C=O) groups excluding carboxylic acids is 1. The van der Waals surface area contributed by atoms with E-state index in [1.165, 1.54) is 0 Å². The topological polar surface area (TPSA) is 37.3 Å². The molecule has 1 N–H and O–H groups in total. The lowest BCUT2D eigenvalue weighted by atomic mass is 9.62. The number of hydrogen-bond donors (Lipinski definition) is 1. The molecule has 17 heavy (non-hydrogen) atoms. The van der Waals surface area contributed by atoms with Gasteiger partial charge in [-0.25, -0.2) is 0 Å². The van der Waals surface area contributed by atoms with E-state index in [0.29, 0.717) is 5.56 Å². The Kier molecular flexibility index (Phi) is 2.57. The highest BCUT2D eigenvalue weighted by Crippen LogP contribution is 2.49. The molecule has 1 aromatic rings. The molecule has 0 saturated heterocycles. The van der Waals surface area contributed by atoms with Gasteiger partial charge < -0.3 is 5.11 Å². The third-order valence-electron chi connectivity index (χ3n) is 4.06. The highest BCUT2D eigenvalue weighted by molar-refractivity contribution is 5.77. The van der Waals surface area contributed by atoms with Crippen LogP contribution in [0.5, 0.6) is 5.75 Å². The van der Waals surface area contributed by atoms with Gasteiger partial charge in [-0.05, 0) is 41.4 Å². The second-order valence-corrected chi connectivity index (χ2v) is 6.35. The number of benzene rings is 1. The zero-order valence-corrected chi connectivity index (χ0v) is 11.0. The number of phenolic OH excluding ortho intramolecular Hbond substituents is 1. The van der Waals surface area contributed by atoms with E-state index in [-0.39, 0.29) is 16.6 Å². The molecule has 2 nitrogen and oxygen atoms in total. The molecular weight excluding hydrogens is 212 g/mol. The summed E-state index contributed by atoms with van der Waals surface area (Å²) in [5.74, 6) is 0.266. The number of rotatable bonds is 1. The van der Waals surface area contributed by atoms with Crippen LogP contribution in [0.15, 0.2) is 12.1 Å². The predicted octanol–water partition coefficient (Wildman–Crippen LogP) is 3.55. The Labute approximate surface area is 103 Å². The van der Waals surface area contributed by atoms with Crippen molar-refractivity contribution in [1.82, 2.24) is 0 Å². The first-order valence-corrected chi connectivity index (χ1v) is 6.11. The van der Waals surface area contributed by atoms with E-state index in [1.807, 2.05) is 6.07 Å². The standard InChI is InChI=1S/C15H20O2/c1-14(2)5-6-15(3,4)13-11(14)7-10(9-16)8-12(13)17/h7-9,17H,5-6H2,1-4H3. The van der Waals surface area contributed by atoms with Crippen molar-refractivity contribution in [2.75, 3.05) is 0 Å². The van der Waals surface area contributed by atoms with Crippen LogP contribution in [-0.2, 0) is 10.8 Å². The number of carbonyl (C=O) groups is 1. The molecule has 0 heterocycles. The Morgan fingerprint density at radius 1 is 1.12 bits per heavy atom. The van der Waals surface area contributed by atoms with Crippen LogP contribution in [0, 0.1) is 0 Å². The van der Waals surface area contributed by atoms with Crippen LogP contribution in [-0.4, -0.2) is 11.4 Å². The fraction of sp³-hybridized carbons (Fsp3) is 0.533. The number of fused-ring (bicyclic) bond motifs is 1. The van der Waals surface area contributed by atoms with Gasteiger partial charge in [0.15, 0.2) is 0 Å². The van der Waals surface area contributed by atoms with E-state index in [4.69, 9.17) is 0 Å². The van der Waals surface area contributed by atoms with Crippen molar-refractivity contribution >= 4 is 6.29 Å². The highest BCUT2D eigenvalue weighted by Gasteiger charge is 2.39. The summed E-state index contributed by atoms with van der Waals surface area (Å²) in [6, 6.07) is 3.51. The maximum absolute atomic E-state index is 10.9. The molecule has 0 saturated carbocycles. The maximum Gasteiger partial charge on any atom is 0.150 e. The fourth-order valence-corrected chi connectivity index (χ4v) is 2.85. The van der Waals surface area contributed by atoms with Gasteiger partial charge in [0.05, 0.1) is 0 Å². The van der Waals surface area contributed by atoms with E-state index < -0.39 is 0 Å². The quantitative estimate of drug-likeness (QED) is 0.752. The molecule has 1 aliphatic carbocycles. The van der Waals surface area contributed by atoms with Gasteiger partial charge >= 0.3 is 0 Å². The van der Waals surface area contributed by atoms with Gasteiger partial charge in [0.1, 0.15) is 12.0 Å². The number of hydrogen-bond acceptors (Lipinski definition) is 2. The summed E-state index contributed by atoms with van der Waals surface area (Å²) < 4.78 is 0. The molecular formula is C15H20O2. The Bertz CT molecular complexity index is 470. The molecule has 0 aromatic heterocycles. The van der Waals surface area contributed by atoms with E-state index in [2.05, 4.69) is 27.7 Å². The molecule has 0 aliphatic heterocycles. The lowest BCUT2D eigenvalue weighted by Crippen LogP contribution is -2.34.